The van der Waals surface area contributed by atoms with Crippen molar-refractivity contribution in [3.05, 3.63) is 29.6 Å². The minimum Gasteiger partial charge on any atom is -0.494 e. The molecule has 0 heterocycles. The van der Waals surface area contributed by atoms with E-state index in [0.29, 0.717) is 18.5 Å². The van der Waals surface area contributed by atoms with E-state index in [1.807, 2.05) is 6.07 Å². The van der Waals surface area contributed by atoms with Crippen molar-refractivity contribution in [2.75, 3.05) is 13.7 Å². The Morgan fingerprint density at radius 3 is 2.84 bits per heavy atom. The number of halogens is 1. The first-order chi connectivity index (χ1) is 9.17. The highest BCUT2D eigenvalue weighted by Gasteiger charge is 2.32. The van der Waals surface area contributed by atoms with Crippen LogP contribution in [-0.2, 0) is 0 Å². The number of carbonyl (C=O) groups is 1. The van der Waals surface area contributed by atoms with E-state index < -0.39 is 5.82 Å². The second-order valence-corrected chi connectivity index (χ2v) is 4.49. The normalized spacial score (nSPS) is 13.7. The molecule has 0 saturated heterocycles. The van der Waals surface area contributed by atoms with Gasteiger partial charge in [0.1, 0.15) is 0 Å². The number of carbonyl (C=O) groups excluding carboxylic acids is 1. The molecule has 1 aromatic rings. The maximum absolute atomic E-state index is 13.6. The maximum atomic E-state index is 13.6. The van der Waals surface area contributed by atoms with Gasteiger partial charge < -0.3 is 9.64 Å². The molecule has 1 saturated carbocycles. The van der Waals surface area contributed by atoms with Gasteiger partial charge in [-0.05, 0) is 31.0 Å². The standard InChI is InChI=1S/C14H15FN2O2/c1-19-13-6-3-10(9-12(13)15)14(18)17(8-2-7-16)11-4-5-11/h3,6,9,11H,2,4-5,8H2,1H3. The third kappa shape index (κ3) is 3.02. The molecule has 100 valence electrons. The van der Waals surface area contributed by atoms with Crippen molar-refractivity contribution >= 4 is 5.91 Å². The Labute approximate surface area is 111 Å². The number of nitrogens with zero attached hydrogens (tertiary/aromatic N) is 2. The van der Waals surface area contributed by atoms with E-state index in [1.54, 1.807) is 11.0 Å². The van der Waals surface area contributed by atoms with Crippen molar-refractivity contribution in [1.82, 2.24) is 4.90 Å². The fraction of sp³-hybridized carbons (Fsp3) is 0.429. The van der Waals surface area contributed by atoms with Crippen LogP contribution in [0.1, 0.15) is 29.6 Å². The molecule has 0 N–H and O–H groups in total. The molecule has 1 aliphatic carbocycles. The van der Waals surface area contributed by atoms with Gasteiger partial charge in [0.15, 0.2) is 11.6 Å². The summed E-state index contributed by atoms with van der Waals surface area (Å²) in [6, 6.07) is 6.40. The van der Waals surface area contributed by atoms with Crippen LogP contribution in [0.25, 0.3) is 0 Å². The van der Waals surface area contributed by atoms with Gasteiger partial charge in [-0.1, -0.05) is 0 Å². The molecular formula is C14H15FN2O2. The number of rotatable bonds is 5. The van der Waals surface area contributed by atoms with Crippen molar-refractivity contribution in [3.8, 4) is 11.8 Å². The fourth-order valence-electron chi connectivity index (χ4n) is 1.97. The number of benzene rings is 1. The minimum atomic E-state index is -0.551. The molecule has 0 spiro atoms. The molecular weight excluding hydrogens is 247 g/mol. The monoisotopic (exact) mass is 262 g/mol. The summed E-state index contributed by atoms with van der Waals surface area (Å²) in [5, 5.41) is 8.62. The zero-order valence-electron chi connectivity index (χ0n) is 10.7. The van der Waals surface area contributed by atoms with Gasteiger partial charge in [-0.3, -0.25) is 4.79 Å². The van der Waals surface area contributed by atoms with Gasteiger partial charge in [0.25, 0.3) is 5.91 Å². The minimum absolute atomic E-state index is 0.117. The number of hydrogen-bond acceptors (Lipinski definition) is 3. The summed E-state index contributed by atoms with van der Waals surface area (Å²) >= 11 is 0. The van der Waals surface area contributed by atoms with Crippen LogP contribution in [0.4, 0.5) is 4.39 Å². The van der Waals surface area contributed by atoms with Crippen LogP contribution >= 0.6 is 0 Å². The van der Waals surface area contributed by atoms with Crippen LogP contribution in [0.5, 0.6) is 5.75 Å². The lowest BCUT2D eigenvalue weighted by molar-refractivity contribution is 0.0746. The van der Waals surface area contributed by atoms with Gasteiger partial charge in [-0.15, -0.1) is 0 Å². The lowest BCUT2D eigenvalue weighted by Gasteiger charge is -2.21. The topological polar surface area (TPSA) is 53.3 Å². The molecule has 1 fully saturated rings. The summed E-state index contributed by atoms with van der Waals surface area (Å²) in [5.41, 5.74) is 0.295. The van der Waals surface area contributed by atoms with Crippen LogP contribution in [0, 0.1) is 17.1 Å². The Morgan fingerprint density at radius 1 is 1.58 bits per heavy atom. The Bertz CT molecular complexity index is 521. The number of methoxy groups -OCH3 is 1. The van der Waals surface area contributed by atoms with E-state index in [4.69, 9.17) is 10.00 Å². The largest absolute Gasteiger partial charge is 0.494 e. The Hall–Kier alpha value is -2.09. The van der Waals surface area contributed by atoms with Gasteiger partial charge in [-0.25, -0.2) is 4.39 Å². The van der Waals surface area contributed by atoms with E-state index >= 15 is 0 Å². The maximum Gasteiger partial charge on any atom is 0.254 e. The lowest BCUT2D eigenvalue weighted by Crippen LogP contribution is -2.34. The second kappa shape index (κ2) is 5.70. The molecule has 1 aromatic carbocycles. The first kappa shape index (κ1) is 13.3. The van der Waals surface area contributed by atoms with Crippen LogP contribution < -0.4 is 4.74 Å². The van der Waals surface area contributed by atoms with Crippen LogP contribution in [-0.4, -0.2) is 30.5 Å². The number of amides is 1. The summed E-state index contributed by atoms with van der Waals surface area (Å²) in [5.74, 6) is -0.657. The van der Waals surface area contributed by atoms with E-state index in [-0.39, 0.29) is 17.7 Å². The number of hydrogen-bond donors (Lipinski definition) is 0. The quantitative estimate of drug-likeness (QED) is 0.818. The predicted octanol–water partition coefficient (Wildman–Crippen LogP) is 2.35. The molecule has 0 aromatic heterocycles. The van der Waals surface area contributed by atoms with Crippen molar-refractivity contribution in [2.24, 2.45) is 0 Å². The molecule has 0 radical (unpaired) electrons. The molecule has 1 amide bonds. The molecule has 0 aliphatic heterocycles. The fourth-order valence-corrected chi connectivity index (χ4v) is 1.97. The van der Waals surface area contributed by atoms with Crippen LogP contribution in [0.3, 0.4) is 0 Å². The third-order valence-corrected chi connectivity index (χ3v) is 3.11. The van der Waals surface area contributed by atoms with Gasteiger partial charge in [0.2, 0.25) is 0 Å². The second-order valence-electron chi connectivity index (χ2n) is 4.49. The Morgan fingerprint density at radius 2 is 2.32 bits per heavy atom. The van der Waals surface area contributed by atoms with Crippen LogP contribution in [0.2, 0.25) is 0 Å². The van der Waals surface area contributed by atoms with E-state index in [0.717, 1.165) is 12.8 Å². The van der Waals surface area contributed by atoms with E-state index in [1.165, 1.54) is 19.2 Å². The summed E-state index contributed by atoms with van der Waals surface area (Å²) < 4.78 is 18.4. The number of nitriles is 1. The van der Waals surface area contributed by atoms with Gasteiger partial charge in [0, 0.05) is 18.2 Å². The molecule has 4 nitrogen and oxygen atoms in total. The highest BCUT2D eigenvalue weighted by molar-refractivity contribution is 5.94. The first-order valence-corrected chi connectivity index (χ1v) is 6.19. The van der Waals surface area contributed by atoms with E-state index in [9.17, 15) is 9.18 Å². The van der Waals surface area contributed by atoms with Crippen molar-refractivity contribution in [2.45, 2.75) is 25.3 Å². The van der Waals surface area contributed by atoms with Crippen LogP contribution in [0.15, 0.2) is 18.2 Å². The zero-order valence-corrected chi connectivity index (χ0v) is 10.7. The Balaban J connectivity index is 2.17. The molecule has 1 aliphatic rings. The summed E-state index contributed by atoms with van der Waals surface area (Å²) in [6.45, 7) is 0.396. The van der Waals surface area contributed by atoms with Crippen molar-refractivity contribution in [3.63, 3.8) is 0 Å². The summed E-state index contributed by atoms with van der Waals surface area (Å²) in [4.78, 5) is 14.0. The predicted molar refractivity (Wildman–Crippen MR) is 67.2 cm³/mol. The van der Waals surface area contributed by atoms with Gasteiger partial charge >= 0.3 is 0 Å². The lowest BCUT2D eigenvalue weighted by atomic mass is 10.1. The molecule has 0 unspecified atom stereocenters. The highest BCUT2D eigenvalue weighted by Crippen LogP contribution is 2.29. The first-order valence-electron chi connectivity index (χ1n) is 6.19. The van der Waals surface area contributed by atoms with Gasteiger partial charge in [0.05, 0.1) is 19.6 Å². The molecule has 2 rings (SSSR count). The van der Waals surface area contributed by atoms with Crippen molar-refractivity contribution < 1.29 is 13.9 Å². The van der Waals surface area contributed by atoms with E-state index in [2.05, 4.69) is 0 Å². The molecule has 0 bridgehead atoms. The average molecular weight is 262 g/mol. The molecule has 5 heteroatoms. The molecule has 19 heavy (non-hydrogen) atoms. The smallest absolute Gasteiger partial charge is 0.254 e. The van der Waals surface area contributed by atoms with Crippen molar-refractivity contribution in [1.29, 1.82) is 5.26 Å². The van der Waals surface area contributed by atoms with Gasteiger partial charge in [-0.2, -0.15) is 5.26 Å². The summed E-state index contributed by atoms with van der Waals surface area (Å²) in [6.07, 6.45) is 2.20. The Kier molecular flexibility index (Phi) is 4.00. The highest BCUT2D eigenvalue weighted by atomic mass is 19.1. The molecule has 0 atom stereocenters. The third-order valence-electron chi connectivity index (χ3n) is 3.11. The average Bonchev–Trinajstić information content (AvgIpc) is 3.23. The number of ether oxygens (including phenoxy) is 1. The SMILES string of the molecule is COc1ccc(C(=O)N(CCC#N)C2CC2)cc1F. The zero-order chi connectivity index (χ0) is 13.8. The summed E-state index contributed by atoms with van der Waals surface area (Å²) in [7, 11) is 1.38.